The number of carbonyl (C=O) groups excluding carboxylic acids is 1. The molecule has 1 amide bonds. The van der Waals surface area contributed by atoms with E-state index in [9.17, 15) is 4.79 Å². The Kier molecular flexibility index (Phi) is 4.80. The molecular weight excluding hydrogens is 240 g/mol. The van der Waals surface area contributed by atoms with Crippen LogP contribution in [0.25, 0.3) is 0 Å². The molecule has 0 atom stereocenters. The zero-order chi connectivity index (χ0) is 13.7. The summed E-state index contributed by atoms with van der Waals surface area (Å²) in [7, 11) is 1.68. The zero-order valence-corrected chi connectivity index (χ0v) is 11.7. The van der Waals surface area contributed by atoms with E-state index in [0.29, 0.717) is 6.04 Å². The van der Waals surface area contributed by atoms with Crippen LogP contribution in [0.1, 0.15) is 25.3 Å². The van der Waals surface area contributed by atoms with E-state index in [1.54, 1.807) is 14.0 Å². The normalized spacial score (nSPS) is 17.2. The lowest BCUT2D eigenvalue weighted by Gasteiger charge is -2.32. The standard InChI is InChI=1S/C15H22N2O2/c1-12(18)16-14-7-9-17(10-8-14)11-13-3-5-15(19-2)6-4-13/h3-6,14H,7-11H2,1-2H3,(H,16,18). The van der Waals surface area contributed by atoms with Crippen molar-refractivity contribution < 1.29 is 9.53 Å². The van der Waals surface area contributed by atoms with Crippen LogP contribution in [0.15, 0.2) is 24.3 Å². The predicted molar refractivity (Wildman–Crippen MR) is 75.1 cm³/mol. The number of likely N-dealkylation sites (tertiary alicyclic amines) is 1. The molecule has 1 aliphatic heterocycles. The minimum absolute atomic E-state index is 0.0774. The highest BCUT2D eigenvalue weighted by molar-refractivity contribution is 5.73. The lowest BCUT2D eigenvalue weighted by atomic mass is 10.0. The minimum atomic E-state index is 0.0774. The molecule has 4 heteroatoms. The highest BCUT2D eigenvalue weighted by Crippen LogP contribution is 2.16. The molecule has 0 aromatic heterocycles. The predicted octanol–water partition coefficient (Wildman–Crippen LogP) is 1.80. The first kappa shape index (κ1) is 13.9. The van der Waals surface area contributed by atoms with Gasteiger partial charge in [-0.25, -0.2) is 0 Å². The summed E-state index contributed by atoms with van der Waals surface area (Å²) in [6.45, 7) is 4.63. The van der Waals surface area contributed by atoms with Crippen molar-refractivity contribution in [2.75, 3.05) is 20.2 Å². The van der Waals surface area contributed by atoms with Gasteiger partial charge in [0, 0.05) is 32.6 Å². The van der Waals surface area contributed by atoms with Gasteiger partial charge in [-0.2, -0.15) is 0 Å². The van der Waals surface area contributed by atoms with E-state index < -0.39 is 0 Å². The van der Waals surface area contributed by atoms with E-state index in [0.717, 1.165) is 38.2 Å². The molecule has 1 aliphatic rings. The summed E-state index contributed by atoms with van der Waals surface area (Å²) < 4.78 is 5.16. The summed E-state index contributed by atoms with van der Waals surface area (Å²) in [6, 6.07) is 8.57. The number of benzene rings is 1. The number of rotatable bonds is 4. The average molecular weight is 262 g/mol. The van der Waals surface area contributed by atoms with E-state index >= 15 is 0 Å². The number of hydrogen-bond acceptors (Lipinski definition) is 3. The first-order valence-electron chi connectivity index (χ1n) is 6.80. The van der Waals surface area contributed by atoms with Gasteiger partial charge in [0.2, 0.25) is 5.91 Å². The third-order valence-electron chi connectivity index (χ3n) is 3.56. The van der Waals surface area contributed by atoms with Crippen LogP contribution in [0.2, 0.25) is 0 Å². The van der Waals surface area contributed by atoms with Crippen LogP contribution < -0.4 is 10.1 Å². The first-order chi connectivity index (χ1) is 9.17. The molecule has 0 bridgehead atoms. The highest BCUT2D eigenvalue weighted by Gasteiger charge is 2.19. The van der Waals surface area contributed by atoms with E-state index in [1.165, 1.54) is 5.56 Å². The number of ether oxygens (including phenoxy) is 1. The van der Waals surface area contributed by atoms with E-state index in [4.69, 9.17) is 4.74 Å². The van der Waals surface area contributed by atoms with Crippen molar-refractivity contribution in [1.82, 2.24) is 10.2 Å². The third-order valence-corrected chi connectivity index (χ3v) is 3.56. The van der Waals surface area contributed by atoms with Gasteiger partial charge < -0.3 is 10.1 Å². The zero-order valence-electron chi connectivity index (χ0n) is 11.7. The Labute approximate surface area is 114 Å². The van der Waals surface area contributed by atoms with E-state index in [2.05, 4.69) is 22.3 Å². The maximum absolute atomic E-state index is 11.0. The van der Waals surface area contributed by atoms with Gasteiger partial charge in [0.25, 0.3) is 0 Å². The Bertz CT molecular complexity index is 409. The fourth-order valence-electron chi connectivity index (χ4n) is 2.51. The number of piperidine rings is 1. The monoisotopic (exact) mass is 262 g/mol. The number of amides is 1. The second kappa shape index (κ2) is 6.57. The topological polar surface area (TPSA) is 41.6 Å². The molecule has 0 radical (unpaired) electrons. The van der Waals surface area contributed by atoms with Crippen molar-refractivity contribution in [2.45, 2.75) is 32.4 Å². The Hall–Kier alpha value is -1.55. The Balaban J connectivity index is 1.80. The van der Waals surface area contributed by atoms with Gasteiger partial charge in [-0.3, -0.25) is 9.69 Å². The maximum Gasteiger partial charge on any atom is 0.217 e. The van der Waals surface area contributed by atoms with Crippen LogP contribution in [0.4, 0.5) is 0 Å². The molecule has 0 spiro atoms. The van der Waals surface area contributed by atoms with E-state index in [-0.39, 0.29) is 5.91 Å². The molecule has 0 aliphatic carbocycles. The Morgan fingerprint density at radius 3 is 2.47 bits per heavy atom. The molecule has 0 unspecified atom stereocenters. The fourth-order valence-corrected chi connectivity index (χ4v) is 2.51. The molecule has 1 saturated heterocycles. The van der Waals surface area contributed by atoms with E-state index in [1.807, 2.05) is 12.1 Å². The van der Waals surface area contributed by atoms with Crippen molar-refractivity contribution in [1.29, 1.82) is 0 Å². The number of nitrogens with zero attached hydrogens (tertiary/aromatic N) is 1. The SMILES string of the molecule is COc1ccc(CN2CCC(NC(C)=O)CC2)cc1. The molecule has 1 aromatic carbocycles. The molecule has 1 heterocycles. The van der Waals surface area contributed by atoms with Gasteiger partial charge in [0.05, 0.1) is 7.11 Å². The summed E-state index contributed by atoms with van der Waals surface area (Å²) in [5.41, 5.74) is 1.30. The largest absolute Gasteiger partial charge is 0.497 e. The smallest absolute Gasteiger partial charge is 0.217 e. The Morgan fingerprint density at radius 2 is 1.95 bits per heavy atom. The van der Waals surface area contributed by atoms with Crippen LogP contribution in [0.5, 0.6) is 5.75 Å². The fraction of sp³-hybridized carbons (Fsp3) is 0.533. The number of hydrogen-bond donors (Lipinski definition) is 1. The van der Waals surface area contributed by atoms with Crippen LogP contribution in [0.3, 0.4) is 0 Å². The minimum Gasteiger partial charge on any atom is -0.497 e. The molecular formula is C15H22N2O2. The molecule has 1 fully saturated rings. The maximum atomic E-state index is 11.0. The number of nitrogens with one attached hydrogen (secondary N) is 1. The van der Waals surface area contributed by atoms with Crippen molar-refractivity contribution in [3.05, 3.63) is 29.8 Å². The van der Waals surface area contributed by atoms with Gasteiger partial charge in [-0.1, -0.05) is 12.1 Å². The first-order valence-corrected chi connectivity index (χ1v) is 6.80. The van der Waals surface area contributed by atoms with Crippen LogP contribution in [-0.2, 0) is 11.3 Å². The average Bonchev–Trinajstić information content (AvgIpc) is 2.41. The summed E-state index contributed by atoms with van der Waals surface area (Å²) in [5.74, 6) is 0.974. The highest BCUT2D eigenvalue weighted by atomic mass is 16.5. The quantitative estimate of drug-likeness (QED) is 0.899. The van der Waals surface area contributed by atoms with Gasteiger partial charge in [0.1, 0.15) is 5.75 Å². The van der Waals surface area contributed by atoms with Crippen LogP contribution in [-0.4, -0.2) is 37.0 Å². The summed E-state index contributed by atoms with van der Waals surface area (Å²) in [6.07, 6.45) is 2.07. The van der Waals surface area contributed by atoms with Gasteiger partial charge >= 0.3 is 0 Å². The van der Waals surface area contributed by atoms with Crippen molar-refractivity contribution in [3.63, 3.8) is 0 Å². The molecule has 4 nitrogen and oxygen atoms in total. The van der Waals surface area contributed by atoms with Crippen molar-refractivity contribution >= 4 is 5.91 Å². The second-order valence-corrected chi connectivity index (χ2v) is 5.10. The molecule has 2 rings (SSSR count). The van der Waals surface area contributed by atoms with Gasteiger partial charge in [-0.15, -0.1) is 0 Å². The third kappa shape index (κ3) is 4.24. The summed E-state index contributed by atoms with van der Waals surface area (Å²) in [5, 5.41) is 3.00. The lowest BCUT2D eigenvalue weighted by Crippen LogP contribution is -2.43. The molecule has 0 saturated carbocycles. The van der Waals surface area contributed by atoms with Gasteiger partial charge in [0.15, 0.2) is 0 Å². The molecule has 1 aromatic rings. The van der Waals surface area contributed by atoms with Gasteiger partial charge in [-0.05, 0) is 30.5 Å². The molecule has 1 N–H and O–H groups in total. The molecule has 104 valence electrons. The lowest BCUT2D eigenvalue weighted by molar-refractivity contribution is -0.119. The Morgan fingerprint density at radius 1 is 1.32 bits per heavy atom. The number of methoxy groups -OCH3 is 1. The van der Waals surface area contributed by atoms with Crippen LogP contribution in [0, 0.1) is 0 Å². The van der Waals surface area contributed by atoms with Crippen LogP contribution >= 0.6 is 0 Å². The number of carbonyl (C=O) groups is 1. The second-order valence-electron chi connectivity index (χ2n) is 5.10. The van der Waals surface area contributed by atoms with Crippen molar-refractivity contribution in [3.8, 4) is 5.75 Å². The van der Waals surface area contributed by atoms with Crippen molar-refractivity contribution in [2.24, 2.45) is 0 Å². The summed E-state index contributed by atoms with van der Waals surface area (Å²) >= 11 is 0. The molecule has 19 heavy (non-hydrogen) atoms. The summed E-state index contributed by atoms with van der Waals surface area (Å²) in [4.78, 5) is 13.4.